The lowest BCUT2D eigenvalue weighted by molar-refractivity contribution is -0.140. The van der Waals surface area contributed by atoms with Gasteiger partial charge < -0.3 is 15.0 Å². The molecule has 0 aliphatic heterocycles. The van der Waals surface area contributed by atoms with E-state index in [9.17, 15) is 18.0 Å². The van der Waals surface area contributed by atoms with E-state index in [-0.39, 0.29) is 23.3 Å². The van der Waals surface area contributed by atoms with Crippen LogP contribution in [0, 0.1) is 12.8 Å². The smallest absolute Gasteiger partial charge is 0.264 e. The van der Waals surface area contributed by atoms with Gasteiger partial charge in [0.15, 0.2) is 0 Å². The van der Waals surface area contributed by atoms with Crippen molar-refractivity contribution in [3.63, 3.8) is 0 Å². The van der Waals surface area contributed by atoms with Crippen LogP contribution in [0.1, 0.15) is 38.3 Å². The van der Waals surface area contributed by atoms with Crippen molar-refractivity contribution in [2.75, 3.05) is 24.5 Å². The van der Waals surface area contributed by atoms with E-state index >= 15 is 0 Å². The van der Waals surface area contributed by atoms with Crippen molar-refractivity contribution < 1.29 is 22.7 Å². The summed E-state index contributed by atoms with van der Waals surface area (Å²) in [6, 6.07) is 19.1. The first kappa shape index (κ1) is 32.0. The van der Waals surface area contributed by atoms with Gasteiger partial charge in [-0.1, -0.05) is 56.6 Å². The number of anilines is 1. The van der Waals surface area contributed by atoms with Gasteiger partial charge in [0.05, 0.1) is 17.7 Å². The molecule has 3 aromatic rings. The molecule has 1 atom stereocenters. The third kappa shape index (κ3) is 8.47. The van der Waals surface area contributed by atoms with Crippen LogP contribution in [-0.2, 0) is 26.2 Å². The van der Waals surface area contributed by atoms with Gasteiger partial charge in [-0.15, -0.1) is 0 Å². The van der Waals surface area contributed by atoms with Crippen molar-refractivity contribution in [1.29, 1.82) is 0 Å². The molecule has 41 heavy (non-hydrogen) atoms. The molecule has 0 radical (unpaired) electrons. The number of carbonyl (C=O) groups is 2. The van der Waals surface area contributed by atoms with E-state index in [1.165, 1.54) is 29.2 Å². The summed E-state index contributed by atoms with van der Waals surface area (Å²) in [7, 11) is -2.59. The molecule has 0 aliphatic carbocycles. The second-order valence-electron chi connectivity index (χ2n) is 10.2. The first-order chi connectivity index (χ1) is 19.5. The van der Waals surface area contributed by atoms with Crippen LogP contribution in [0.15, 0.2) is 77.7 Å². The molecule has 10 heteroatoms. The summed E-state index contributed by atoms with van der Waals surface area (Å²) in [5, 5.41) is 3.32. The Kier molecular flexibility index (Phi) is 11.2. The molecule has 0 heterocycles. The second kappa shape index (κ2) is 14.4. The molecule has 0 aliphatic rings. The van der Waals surface area contributed by atoms with Gasteiger partial charge in [-0.25, -0.2) is 8.42 Å². The average Bonchev–Trinajstić information content (AvgIpc) is 2.95. The lowest BCUT2D eigenvalue weighted by atomic mass is 10.1. The molecule has 0 aromatic heterocycles. The Hall–Kier alpha value is -3.56. The molecule has 220 valence electrons. The number of nitrogens with zero attached hydrogens (tertiary/aromatic N) is 2. The highest BCUT2D eigenvalue weighted by molar-refractivity contribution is 7.92. The molecule has 0 spiro atoms. The molecule has 0 bridgehead atoms. The second-order valence-corrected chi connectivity index (χ2v) is 12.5. The molecule has 0 saturated carbocycles. The summed E-state index contributed by atoms with van der Waals surface area (Å²) in [5.74, 6) is 0.0914. The minimum atomic E-state index is -4.16. The number of ether oxygens (including phenoxy) is 1. The summed E-state index contributed by atoms with van der Waals surface area (Å²) >= 11 is 6.01. The molecule has 3 rings (SSSR count). The third-order valence-electron chi connectivity index (χ3n) is 6.55. The van der Waals surface area contributed by atoms with Gasteiger partial charge in [-0.2, -0.15) is 0 Å². The topological polar surface area (TPSA) is 96.0 Å². The van der Waals surface area contributed by atoms with Gasteiger partial charge >= 0.3 is 0 Å². The molecule has 0 fully saturated rings. The SMILES string of the molecule is CC[C@H](C(=O)NCC(C)C)N(Cc1ccc(OC)cc1)C(=O)CN(c1cccc(C)c1)S(=O)(=O)c1ccc(Cl)cc1. The molecule has 0 unspecified atom stereocenters. The van der Waals surface area contributed by atoms with Crippen molar-refractivity contribution in [2.45, 2.75) is 51.6 Å². The Morgan fingerprint density at radius 2 is 1.66 bits per heavy atom. The molecule has 2 amide bonds. The minimum Gasteiger partial charge on any atom is -0.497 e. The van der Waals surface area contributed by atoms with Crippen LogP contribution in [-0.4, -0.2) is 51.4 Å². The lowest BCUT2D eigenvalue weighted by Gasteiger charge is -2.33. The maximum absolute atomic E-state index is 14.1. The van der Waals surface area contributed by atoms with Crippen molar-refractivity contribution in [2.24, 2.45) is 5.92 Å². The fourth-order valence-corrected chi connectivity index (χ4v) is 5.85. The normalized spacial score (nSPS) is 12.1. The number of benzene rings is 3. The quantitative estimate of drug-likeness (QED) is 0.283. The van der Waals surface area contributed by atoms with Gasteiger partial charge in [0.2, 0.25) is 11.8 Å². The highest BCUT2D eigenvalue weighted by atomic mass is 35.5. The molecule has 8 nitrogen and oxygen atoms in total. The Bertz CT molecular complexity index is 1430. The van der Waals surface area contributed by atoms with Crippen LogP contribution in [0.5, 0.6) is 5.75 Å². The van der Waals surface area contributed by atoms with Crippen molar-refractivity contribution >= 4 is 39.1 Å². The van der Waals surface area contributed by atoms with Gasteiger partial charge in [-0.05, 0) is 78.9 Å². The molecule has 0 saturated heterocycles. The maximum atomic E-state index is 14.1. The Morgan fingerprint density at radius 3 is 2.22 bits per heavy atom. The molecular formula is C31H38ClN3O5S. The summed E-state index contributed by atoms with van der Waals surface area (Å²) in [5.41, 5.74) is 1.95. The zero-order valence-electron chi connectivity index (χ0n) is 24.1. The van der Waals surface area contributed by atoms with Crippen LogP contribution < -0.4 is 14.4 Å². The van der Waals surface area contributed by atoms with E-state index in [1.54, 1.807) is 37.4 Å². The number of hydrogen-bond donors (Lipinski definition) is 1. The van der Waals surface area contributed by atoms with Gasteiger partial charge in [0.25, 0.3) is 10.0 Å². The first-order valence-corrected chi connectivity index (χ1v) is 15.3. The van der Waals surface area contributed by atoms with Gasteiger partial charge in [-0.3, -0.25) is 13.9 Å². The molecule has 3 aromatic carbocycles. The van der Waals surface area contributed by atoms with Crippen molar-refractivity contribution in [1.82, 2.24) is 10.2 Å². The number of sulfonamides is 1. The minimum absolute atomic E-state index is 0.000344. The summed E-state index contributed by atoms with van der Waals surface area (Å²) in [6.07, 6.45) is 0.347. The largest absolute Gasteiger partial charge is 0.497 e. The number of carbonyl (C=O) groups excluding carboxylic acids is 2. The molecule has 1 N–H and O–H groups in total. The van der Waals surface area contributed by atoms with Crippen LogP contribution in [0.3, 0.4) is 0 Å². The summed E-state index contributed by atoms with van der Waals surface area (Å²) in [4.78, 5) is 28.9. The fraction of sp³-hybridized carbons (Fsp3) is 0.355. The number of halogens is 1. The zero-order valence-corrected chi connectivity index (χ0v) is 25.7. The van der Waals surface area contributed by atoms with Gasteiger partial charge in [0.1, 0.15) is 18.3 Å². The van der Waals surface area contributed by atoms with E-state index in [0.29, 0.717) is 29.4 Å². The van der Waals surface area contributed by atoms with Gasteiger partial charge in [0, 0.05) is 18.1 Å². The summed E-state index contributed by atoms with van der Waals surface area (Å²) < 4.78 is 34.2. The van der Waals surface area contributed by atoms with Crippen LogP contribution in [0.4, 0.5) is 5.69 Å². The summed E-state index contributed by atoms with van der Waals surface area (Å²) in [6.45, 7) is 7.72. The van der Waals surface area contributed by atoms with Crippen LogP contribution in [0.25, 0.3) is 0 Å². The lowest BCUT2D eigenvalue weighted by Crippen LogP contribution is -2.52. The average molecular weight is 600 g/mol. The zero-order chi connectivity index (χ0) is 30.2. The monoisotopic (exact) mass is 599 g/mol. The number of hydrogen-bond acceptors (Lipinski definition) is 5. The number of nitrogens with one attached hydrogen (secondary N) is 1. The van der Waals surface area contributed by atoms with E-state index in [2.05, 4.69) is 5.32 Å². The number of methoxy groups -OCH3 is 1. The van der Waals surface area contributed by atoms with E-state index in [4.69, 9.17) is 16.3 Å². The Morgan fingerprint density at radius 1 is 1.00 bits per heavy atom. The first-order valence-electron chi connectivity index (χ1n) is 13.5. The third-order valence-corrected chi connectivity index (χ3v) is 8.59. The predicted molar refractivity (Wildman–Crippen MR) is 163 cm³/mol. The van der Waals surface area contributed by atoms with Crippen molar-refractivity contribution in [3.05, 3.63) is 88.9 Å². The van der Waals surface area contributed by atoms with E-state index < -0.39 is 28.5 Å². The number of amides is 2. The molecular weight excluding hydrogens is 562 g/mol. The number of aryl methyl sites for hydroxylation is 1. The van der Waals surface area contributed by atoms with Crippen molar-refractivity contribution in [3.8, 4) is 5.75 Å². The standard InChI is InChI=1S/C31H38ClN3O5S/c1-6-29(31(37)33-19-22(2)3)34(20-24-10-14-27(40-5)15-11-24)30(36)21-35(26-9-7-8-23(4)18-26)41(38,39)28-16-12-25(32)13-17-28/h7-18,22,29H,6,19-21H2,1-5H3,(H,33,37)/t29-/m1/s1. The fourth-order valence-electron chi connectivity index (χ4n) is 4.32. The Labute approximate surface area is 248 Å². The van der Waals surface area contributed by atoms with Crippen LogP contribution >= 0.6 is 11.6 Å². The van der Waals surface area contributed by atoms with E-state index in [0.717, 1.165) is 15.4 Å². The highest BCUT2D eigenvalue weighted by Gasteiger charge is 2.33. The number of rotatable bonds is 13. The van der Waals surface area contributed by atoms with E-state index in [1.807, 2.05) is 45.9 Å². The highest BCUT2D eigenvalue weighted by Crippen LogP contribution is 2.26. The predicted octanol–water partition coefficient (Wildman–Crippen LogP) is 5.43. The maximum Gasteiger partial charge on any atom is 0.264 e. The Balaban J connectivity index is 2.04. The van der Waals surface area contributed by atoms with Crippen LogP contribution in [0.2, 0.25) is 5.02 Å².